The molecule has 0 saturated carbocycles. The van der Waals surface area contributed by atoms with Gasteiger partial charge in [0.2, 0.25) is 0 Å². The zero-order chi connectivity index (χ0) is 18.8. The molecule has 134 valence electrons. The quantitative estimate of drug-likeness (QED) is 0.495. The van der Waals surface area contributed by atoms with Crippen LogP contribution in [-0.2, 0) is 9.53 Å². The lowest BCUT2D eigenvalue weighted by Gasteiger charge is -2.17. The first-order valence-electron chi connectivity index (χ1n) is 7.19. The molecule has 0 fully saturated rings. The Labute approximate surface area is 140 Å². The SMILES string of the molecule is COC(=O)/C(=C\CCC(O)C(F)(F)F)N1C(=O)c2ccccc2C1=O. The second-order valence-corrected chi connectivity index (χ2v) is 5.21. The molecule has 25 heavy (non-hydrogen) atoms. The van der Waals surface area contributed by atoms with E-state index in [0.29, 0.717) is 4.90 Å². The van der Waals surface area contributed by atoms with Crippen LogP contribution in [0.2, 0.25) is 0 Å². The number of esters is 1. The van der Waals surface area contributed by atoms with Crippen molar-refractivity contribution < 1.29 is 37.4 Å². The fourth-order valence-corrected chi connectivity index (χ4v) is 2.32. The molecule has 9 heteroatoms. The smallest absolute Gasteiger partial charge is 0.414 e. The van der Waals surface area contributed by atoms with E-state index in [1.807, 2.05) is 0 Å². The maximum atomic E-state index is 12.4. The van der Waals surface area contributed by atoms with Crippen LogP contribution < -0.4 is 0 Å². The normalized spacial score (nSPS) is 16.0. The molecule has 1 N–H and O–H groups in total. The number of halogens is 3. The second kappa shape index (κ2) is 7.06. The first-order valence-corrected chi connectivity index (χ1v) is 7.19. The molecule has 1 heterocycles. The summed E-state index contributed by atoms with van der Waals surface area (Å²) in [6, 6.07) is 5.87. The Morgan fingerprint density at radius 1 is 1.24 bits per heavy atom. The Kier molecular flexibility index (Phi) is 5.27. The minimum atomic E-state index is -4.80. The fourth-order valence-electron chi connectivity index (χ4n) is 2.32. The van der Waals surface area contributed by atoms with Gasteiger partial charge in [-0.3, -0.25) is 9.59 Å². The summed E-state index contributed by atoms with van der Waals surface area (Å²) in [6.45, 7) is 0. The highest BCUT2D eigenvalue weighted by molar-refractivity contribution is 6.24. The van der Waals surface area contributed by atoms with Gasteiger partial charge in [-0.1, -0.05) is 18.2 Å². The minimum Gasteiger partial charge on any atom is -0.464 e. The number of carbonyl (C=O) groups excluding carboxylic acids is 3. The van der Waals surface area contributed by atoms with Crippen LogP contribution in [0, 0.1) is 0 Å². The predicted octanol–water partition coefficient (Wildman–Crippen LogP) is 2.04. The van der Waals surface area contributed by atoms with Gasteiger partial charge in [-0.2, -0.15) is 13.2 Å². The first kappa shape index (κ1) is 18.7. The highest BCUT2D eigenvalue weighted by Gasteiger charge is 2.40. The molecule has 2 amide bonds. The van der Waals surface area contributed by atoms with E-state index in [-0.39, 0.29) is 11.1 Å². The maximum Gasteiger partial charge on any atom is 0.414 e. The van der Waals surface area contributed by atoms with E-state index in [9.17, 15) is 27.6 Å². The van der Waals surface area contributed by atoms with Gasteiger partial charge in [-0.15, -0.1) is 0 Å². The Morgan fingerprint density at radius 2 is 1.76 bits per heavy atom. The van der Waals surface area contributed by atoms with E-state index in [1.54, 1.807) is 0 Å². The Bertz CT molecular complexity index is 707. The van der Waals surface area contributed by atoms with Crippen molar-refractivity contribution in [2.75, 3.05) is 7.11 Å². The molecule has 1 atom stereocenters. The van der Waals surface area contributed by atoms with Crippen molar-refractivity contribution in [1.29, 1.82) is 0 Å². The van der Waals surface area contributed by atoms with Gasteiger partial charge in [0.1, 0.15) is 11.8 Å². The van der Waals surface area contributed by atoms with Crippen LogP contribution in [0.15, 0.2) is 36.0 Å². The summed E-state index contributed by atoms with van der Waals surface area (Å²) >= 11 is 0. The molecule has 0 spiro atoms. The molecule has 1 aliphatic rings. The monoisotopic (exact) mass is 357 g/mol. The van der Waals surface area contributed by atoms with E-state index < -0.39 is 48.6 Å². The number of allylic oxidation sites excluding steroid dienone is 1. The zero-order valence-corrected chi connectivity index (χ0v) is 13.0. The van der Waals surface area contributed by atoms with Crippen molar-refractivity contribution in [3.63, 3.8) is 0 Å². The van der Waals surface area contributed by atoms with Gasteiger partial charge >= 0.3 is 12.1 Å². The Hall–Kier alpha value is -2.68. The van der Waals surface area contributed by atoms with Crippen LogP contribution in [0.4, 0.5) is 13.2 Å². The number of ether oxygens (including phenoxy) is 1. The van der Waals surface area contributed by atoms with E-state index in [2.05, 4.69) is 4.74 Å². The molecule has 1 unspecified atom stereocenters. The number of fused-ring (bicyclic) bond motifs is 1. The third kappa shape index (κ3) is 3.71. The summed E-state index contributed by atoms with van der Waals surface area (Å²) in [5.74, 6) is -2.58. The standard InChI is InChI=1S/C16H14F3NO5/c1-25-15(24)11(7-4-8-12(21)16(17,18)19)20-13(22)9-5-2-3-6-10(9)14(20)23/h2-3,5-7,12,21H,4,8H2,1H3/b11-7+. The highest BCUT2D eigenvalue weighted by atomic mass is 19.4. The lowest BCUT2D eigenvalue weighted by Crippen LogP contribution is -2.33. The Balaban J connectivity index is 2.27. The molecule has 2 rings (SSSR count). The first-order chi connectivity index (χ1) is 11.7. The van der Waals surface area contributed by atoms with Crippen molar-refractivity contribution in [1.82, 2.24) is 4.90 Å². The van der Waals surface area contributed by atoms with Gasteiger partial charge in [0, 0.05) is 0 Å². The average molecular weight is 357 g/mol. The number of amides is 2. The van der Waals surface area contributed by atoms with E-state index in [1.165, 1.54) is 24.3 Å². The molecule has 0 aliphatic carbocycles. The molecule has 0 aromatic heterocycles. The third-order valence-electron chi connectivity index (χ3n) is 3.59. The number of imide groups is 1. The van der Waals surface area contributed by atoms with Gasteiger partial charge < -0.3 is 9.84 Å². The van der Waals surface area contributed by atoms with Crippen molar-refractivity contribution in [2.45, 2.75) is 25.1 Å². The second-order valence-electron chi connectivity index (χ2n) is 5.21. The fraction of sp³-hybridized carbons (Fsp3) is 0.312. The number of methoxy groups -OCH3 is 1. The molecule has 0 radical (unpaired) electrons. The van der Waals surface area contributed by atoms with Crippen molar-refractivity contribution in [3.8, 4) is 0 Å². The molecule has 6 nitrogen and oxygen atoms in total. The lowest BCUT2D eigenvalue weighted by molar-refractivity contribution is -0.205. The number of nitrogens with zero attached hydrogens (tertiary/aromatic N) is 1. The van der Waals surface area contributed by atoms with Gasteiger partial charge in [-0.25, -0.2) is 9.69 Å². The van der Waals surface area contributed by atoms with Crippen LogP contribution in [0.5, 0.6) is 0 Å². The zero-order valence-electron chi connectivity index (χ0n) is 13.0. The van der Waals surface area contributed by atoms with Gasteiger partial charge in [0.05, 0.1) is 18.2 Å². The molecule has 0 saturated heterocycles. The number of hydrogen-bond donors (Lipinski definition) is 1. The van der Waals surface area contributed by atoms with E-state index >= 15 is 0 Å². The number of alkyl halides is 3. The highest BCUT2D eigenvalue weighted by Crippen LogP contribution is 2.28. The van der Waals surface area contributed by atoms with E-state index in [4.69, 9.17) is 5.11 Å². The van der Waals surface area contributed by atoms with Crippen molar-refractivity contribution in [3.05, 3.63) is 47.2 Å². The summed E-state index contributed by atoms with van der Waals surface area (Å²) in [5, 5.41) is 8.99. The number of aliphatic hydroxyl groups excluding tert-OH is 1. The van der Waals surface area contributed by atoms with Crippen molar-refractivity contribution >= 4 is 17.8 Å². The van der Waals surface area contributed by atoms with Crippen LogP contribution >= 0.6 is 0 Å². The van der Waals surface area contributed by atoms with Crippen LogP contribution in [0.25, 0.3) is 0 Å². The maximum absolute atomic E-state index is 12.4. The summed E-state index contributed by atoms with van der Waals surface area (Å²) in [7, 11) is 1.01. The number of aliphatic hydroxyl groups is 1. The number of rotatable bonds is 5. The van der Waals surface area contributed by atoms with Crippen molar-refractivity contribution in [2.24, 2.45) is 0 Å². The molecular weight excluding hydrogens is 343 g/mol. The topological polar surface area (TPSA) is 83.9 Å². The number of carbonyl (C=O) groups is 3. The van der Waals surface area contributed by atoms with Gasteiger partial charge in [0.15, 0.2) is 0 Å². The summed E-state index contributed by atoms with van der Waals surface area (Å²) in [6.07, 6.45) is -7.52. The van der Waals surface area contributed by atoms with Gasteiger partial charge in [0.25, 0.3) is 11.8 Å². The van der Waals surface area contributed by atoms with Crippen LogP contribution in [-0.4, -0.2) is 47.2 Å². The Morgan fingerprint density at radius 3 is 2.20 bits per heavy atom. The summed E-state index contributed by atoms with van der Waals surface area (Å²) in [5.41, 5.74) is -0.321. The predicted molar refractivity (Wildman–Crippen MR) is 78.3 cm³/mol. The lowest BCUT2D eigenvalue weighted by atomic mass is 10.1. The largest absolute Gasteiger partial charge is 0.464 e. The number of hydrogen-bond acceptors (Lipinski definition) is 5. The molecule has 1 aromatic carbocycles. The molecule has 0 bridgehead atoms. The van der Waals surface area contributed by atoms with E-state index in [0.717, 1.165) is 13.2 Å². The minimum absolute atomic E-state index is 0.0811. The summed E-state index contributed by atoms with van der Waals surface area (Å²) in [4.78, 5) is 37.2. The molecule has 1 aromatic rings. The van der Waals surface area contributed by atoms with Crippen LogP contribution in [0.3, 0.4) is 0 Å². The van der Waals surface area contributed by atoms with Gasteiger partial charge in [-0.05, 0) is 25.0 Å². The average Bonchev–Trinajstić information content (AvgIpc) is 2.82. The third-order valence-corrected chi connectivity index (χ3v) is 3.59. The molecule has 1 aliphatic heterocycles. The number of benzene rings is 1. The van der Waals surface area contributed by atoms with Crippen LogP contribution in [0.1, 0.15) is 33.6 Å². The summed E-state index contributed by atoms with van der Waals surface area (Å²) < 4.78 is 41.5. The molecular formula is C16H14F3NO5.